The highest BCUT2D eigenvalue weighted by Gasteiger charge is 1.71. The predicted octanol–water partition coefficient (Wildman–Crippen LogP) is 1.14. The first kappa shape index (κ1) is 10.7. The lowest BCUT2D eigenvalue weighted by Gasteiger charge is -1.77. The average molecular weight is 136 g/mol. The van der Waals surface area contributed by atoms with Gasteiger partial charge in [-0.05, 0) is 6.42 Å². The molecule has 1 N–H and O–H groups in total. The van der Waals surface area contributed by atoms with Crippen LogP contribution in [0.15, 0.2) is 0 Å². The van der Waals surface area contributed by atoms with Crippen LogP contribution in [-0.2, 0) is 0 Å². The largest absolute Gasteiger partial charge is 0.396 e. The molecule has 0 saturated heterocycles. The molecule has 0 rings (SSSR count). The van der Waals surface area contributed by atoms with Gasteiger partial charge >= 0.3 is 0 Å². The zero-order chi connectivity index (χ0) is 6.83. The molecular weight excluding hydrogens is 126 g/mol. The van der Waals surface area contributed by atoms with Crippen molar-refractivity contribution in [3.8, 4) is 6.07 Å². The number of aliphatic hydroxyl groups excluding tert-OH is 1. The summed E-state index contributed by atoms with van der Waals surface area (Å²) in [4.78, 5) is 0. The lowest BCUT2D eigenvalue weighted by Crippen LogP contribution is -1.79. The minimum absolute atomic E-state index is 0.212. The minimum atomic E-state index is 0.212. The summed E-state index contributed by atoms with van der Waals surface area (Å²) in [5, 5.41) is 15.3. The molecule has 48 valence electrons. The Kier molecular flexibility index (Phi) is 21.2. The van der Waals surface area contributed by atoms with E-state index in [2.05, 4.69) is 0 Å². The Balaban J connectivity index is 0. The number of aliphatic hydroxyl groups is 1. The fraction of sp³-hybridized carbons (Fsp3) is 0.800. The number of nitrogens with zero attached hydrogens (tertiary/aromatic N) is 1. The van der Waals surface area contributed by atoms with Crippen molar-refractivity contribution < 1.29 is 5.11 Å². The summed E-state index contributed by atoms with van der Waals surface area (Å²) >= 11 is 5.14. The van der Waals surface area contributed by atoms with Crippen LogP contribution in [0.2, 0.25) is 0 Å². The van der Waals surface area contributed by atoms with E-state index in [0.29, 0.717) is 12.3 Å². The van der Waals surface area contributed by atoms with E-state index < -0.39 is 0 Å². The van der Waals surface area contributed by atoms with E-state index in [1.54, 1.807) is 6.07 Å². The van der Waals surface area contributed by atoms with E-state index in [4.69, 9.17) is 22.0 Å². The molecule has 0 heterocycles. The van der Waals surface area contributed by atoms with Crippen molar-refractivity contribution in [3.05, 3.63) is 0 Å². The van der Waals surface area contributed by atoms with E-state index in [1.807, 2.05) is 0 Å². The summed E-state index contributed by atoms with van der Waals surface area (Å²) in [6.07, 6.45) is 0.710. The molecule has 0 aromatic carbocycles. The van der Waals surface area contributed by atoms with Crippen molar-refractivity contribution in [1.29, 1.82) is 5.26 Å². The first-order valence-corrected chi connectivity index (χ1v) is 2.84. The molecule has 3 heteroatoms. The van der Waals surface area contributed by atoms with Crippen molar-refractivity contribution in [3.63, 3.8) is 0 Å². The Morgan fingerprint density at radius 3 is 2.12 bits per heavy atom. The molecule has 0 aliphatic carbocycles. The number of alkyl halides is 1. The van der Waals surface area contributed by atoms with E-state index >= 15 is 0 Å². The van der Waals surface area contributed by atoms with Crippen LogP contribution >= 0.6 is 11.6 Å². The number of hydrogen-bond acceptors (Lipinski definition) is 2. The molecule has 0 atom stereocenters. The summed E-state index contributed by atoms with van der Waals surface area (Å²) in [6.45, 7) is 1.64. The fourth-order valence-corrected chi connectivity index (χ4v) is 0.179. The van der Waals surface area contributed by atoms with Crippen LogP contribution in [0.5, 0.6) is 0 Å². The van der Waals surface area contributed by atoms with Gasteiger partial charge in [-0.15, -0.1) is 11.6 Å². The van der Waals surface area contributed by atoms with Gasteiger partial charge in [0.05, 0.1) is 6.07 Å². The molecule has 0 fully saturated rings. The van der Waals surface area contributed by atoms with E-state index in [0.717, 1.165) is 0 Å². The van der Waals surface area contributed by atoms with Gasteiger partial charge in [-0.3, -0.25) is 0 Å². The van der Waals surface area contributed by atoms with Crippen LogP contribution in [0.1, 0.15) is 13.3 Å². The van der Waals surface area contributed by atoms with Gasteiger partial charge in [0.15, 0.2) is 0 Å². The molecule has 0 aromatic heterocycles. The Morgan fingerprint density at radius 2 is 2.12 bits per heavy atom. The number of halogens is 1. The molecule has 0 saturated carbocycles. The summed E-state index contributed by atoms with van der Waals surface area (Å²) in [6, 6.07) is 1.75. The molecule has 0 aliphatic rings. The van der Waals surface area contributed by atoms with Crippen LogP contribution in [0.3, 0.4) is 0 Å². The van der Waals surface area contributed by atoms with Crippen molar-refractivity contribution >= 4 is 11.6 Å². The molecule has 0 radical (unpaired) electrons. The van der Waals surface area contributed by atoms with Crippen LogP contribution in [0, 0.1) is 11.3 Å². The molecule has 2 nitrogen and oxygen atoms in total. The molecule has 0 aromatic rings. The second kappa shape index (κ2) is 15.9. The smallest absolute Gasteiger partial charge is 0.0587 e. The van der Waals surface area contributed by atoms with Crippen LogP contribution in [0.4, 0.5) is 0 Å². The number of hydrogen-bond donors (Lipinski definition) is 1. The van der Waals surface area contributed by atoms with Crippen molar-refractivity contribution in [2.75, 3.05) is 12.5 Å². The van der Waals surface area contributed by atoms with Crippen molar-refractivity contribution in [1.82, 2.24) is 0 Å². The van der Waals surface area contributed by atoms with E-state index in [9.17, 15) is 0 Å². The molecule has 0 aliphatic heterocycles. The predicted molar refractivity (Wildman–Crippen MR) is 33.7 cm³/mol. The third-order valence-corrected chi connectivity index (χ3v) is 0.559. The van der Waals surface area contributed by atoms with Gasteiger partial charge in [0.2, 0.25) is 0 Å². The van der Waals surface area contributed by atoms with Gasteiger partial charge < -0.3 is 5.11 Å². The average Bonchev–Trinajstić information content (AvgIpc) is 1.71. The third kappa shape index (κ3) is 42.6. The normalized spacial score (nSPS) is 6.25. The van der Waals surface area contributed by atoms with Gasteiger partial charge in [0.25, 0.3) is 0 Å². The standard InChI is InChI=1S/C3H7ClO.C2H3N/c4-2-1-3-5;1-2-3/h5H,1-3H2;1H3. The maximum absolute atomic E-state index is 7.98. The highest BCUT2D eigenvalue weighted by Crippen LogP contribution is 1.77. The second-order valence-corrected chi connectivity index (χ2v) is 1.37. The Morgan fingerprint density at radius 1 is 1.75 bits per heavy atom. The zero-order valence-corrected chi connectivity index (χ0v) is 5.65. The lowest BCUT2D eigenvalue weighted by atomic mass is 10.5. The molecule has 0 amide bonds. The topological polar surface area (TPSA) is 44.0 Å². The van der Waals surface area contributed by atoms with Gasteiger partial charge in [-0.1, -0.05) is 0 Å². The molecular formula is C5H10ClNO. The Bertz CT molecular complexity index is 57.9. The maximum Gasteiger partial charge on any atom is 0.0587 e. The number of rotatable bonds is 2. The van der Waals surface area contributed by atoms with Crippen molar-refractivity contribution in [2.24, 2.45) is 0 Å². The molecule has 0 bridgehead atoms. The first-order chi connectivity index (χ1) is 3.83. The van der Waals surface area contributed by atoms with Gasteiger partial charge in [0.1, 0.15) is 0 Å². The highest BCUT2D eigenvalue weighted by atomic mass is 35.5. The van der Waals surface area contributed by atoms with E-state index in [1.165, 1.54) is 6.92 Å². The van der Waals surface area contributed by atoms with E-state index in [-0.39, 0.29) is 6.61 Å². The van der Waals surface area contributed by atoms with Gasteiger partial charge in [-0.2, -0.15) is 5.26 Å². The number of nitriles is 1. The quantitative estimate of drug-likeness (QED) is 0.577. The molecule has 8 heavy (non-hydrogen) atoms. The molecule has 0 unspecified atom stereocenters. The summed E-state index contributed by atoms with van der Waals surface area (Å²) < 4.78 is 0. The van der Waals surface area contributed by atoms with Crippen LogP contribution in [0.25, 0.3) is 0 Å². The monoisotopic (exact) mass is 135 g/mol. The summed E-state index contributed by atoms with van der Waals surface area (Å²) in [5.41, 5.74) is 0. The molecule has 0 spiro atoms. The Hall–Kier alpha value is -0.260. The maximum atomic E-state index is 7.98. The van der Waals surface area contributed by atoms with Crippen LogP contribution in [-0.4, -0.2) is 17.6 Å². The Labute approximate surface area is 54.7 Å². The van der Waals surface area contributed by atoms with Gasteiger partial charge in [-0.25, -0.2) is 0 Å². The van der Waals surface area contributed by atoms with Crippen molar-refractivity contribution in [2.45, 2.75) is 13.3 Å². The zero-order valence-electron chi connectivity index (χ0n) is 4.89. The fourth-order valence-electron chi connectivity index (χ4n) is 0.0598. The minimum Gasteiger partial charge on any atom is -0.396 e. The summed E-state index contributed by atoms with van der Waals surface area (Å²) in [7, 11) is 0. The van der Waals surface area contributed by atoms with Crippen LogP contribution < -0.4 is 0 Å². The summed E-state index contributed by atoms with van der Waals surface area (Å²) in [5.74, 6) is 0.566. The first-order valence-electron chi connectivity index (χ1n) is 2.31. The van der Waals surface area contributed by atoms with Gasteiger partial charge in [0, 0.05) is 19.4 Å². The third-order valence-electron chi connectivity index (χ3n) is 0.292. The lowest BCUT2D eigenvalue weighted by molar-refractivity contribution is 0.296. The highest BCUT2D eigenvalue weighted by molar-refractivity contribution is 6.17. The second-order valence-electron chi connectivity index (χ2n) is 0.990. The SMILES string of the molecule is CC#N.OCCCCl.